The van der Waals surface area contributed by atoms with Crippen molar-refractivity contribution in [1.82, 2.24) is 19.1 Å². The van der Waals surface area contributed by atoms with E-state index in [4.69, 9.17) is 0 Å². The van der Waals surface area contributed by atoms with Crippen LogP contribution in [0.5, 0.6) is 0 Å². The lowest BCUT2D eigenvalue weighted by Crippen LogP contribution is -2.20. The highest BCUT2D eigenvalue weighted by molar-refractivity contribution is 7.89. The van der Waals surface area contributed by atoms with Gasteiger partial charge in [-0.1, -0.05) is 18.2 Å². The van der Waals surface area contributed by atoms with Crippen LogP contribution in [0, 0.1) is 0 Å². The number of pyridine rings is 2. The quantitative estimate of drug-likeness (QED) is 0.424. The Kier molecular flexibility index (Phi) is 4.67. The van der Waals surface area contributed by atoms with Gasteiger partial charge in [0.2, 0.25) is 0 Å². The lowest BCUT2D eigenvalue weighted by Gasteiger charge is -2.09. The molecule has 0 amide bonds. The molecule has 5 rings (SSSR count). The van der Waals surface area contributed by atoms with Gasteiger partial charge in [-0.15, -0.1) is 0 Å². The number of nitrogens with zero attached hydrogens (tertiary/aromatic N) is 4. The van der Waals surface area contributed by atoms with Gasteiger partial charge in [0, 0.05) is 31.1 Å². The molecule has 0 radical (unpaired) electrons. The number of sulfone groups is 1. The van der Waals surface area contributed by atoms with Crippen molar-refractivity contribution in [3.05, 3.63) is 89.2 Å². The van der Waals surface area contributed by atoms with Crippen molar-refractivity contribution < 1.29 is 8.42 Å². The van der Waals surface area contributed by atoms with Gasteiger partial charge >= 0.3 is 5.69 Å². The average Bonchev–Trinajstić information content (AvgIpc) is 3.04. The van der Waals surface area contributed by atoms with E-state index in [1.54, 1.807) is 59.0 Å². The molecule has 0 atom stereocenters. The first-order valence-corrected chi connectivity index (χ1v) is 12.1. The third-order valence-corrected chi connectivity index (χ3v) is 6.38. The predicted molar refractivity (Wildman–Crippen MR) is 126 cm³/mol. The Morgan fingerprint density at radius 3 is 2.34 bits per heavy atom. The molecule has 0 aliphatic carbocycles. The van der Waals surface area contributed by atoms with Crippen LogP contribution in [0.3, 0.4) is 0 Å². The minimum atomic E-state index is -3.14. The Hall–Kier alpha value is -3.78. The minimum Gasteiger partial charge on any atom is -0.293 e. The fraction of sp³-hybridized carbons (Fsp3) is 0.125. The van der Waals surface area contributed by atoms with Crippen LogP contribution in [0.2, 0.25) is 0 Å². The van der Waals surface area contributed by atoms with Crippen LogP contribution in [-0.4, -0.2) is 33.8 Å². The van der Waals surface area contributed by atoms with Crippen LogP contribution in [0.4, 0.5) is 0 Å². The molecular formula is C24H20N4O3S. The van der Waals surface area contributed by atoms with Gasteiger partial charge in [0.15, 0.2) is 9.84 Å². The molecule has 0 fully saturated rings. The van der Waals surface area contributed by atoms with E-state index in [2.05, 4.69) is 9.97 Å². The van der Waals surface area contributed by atoms with E-state index in [1.807, 2.05) is 30.3 Å². The van der Waals surface area contributed by atoms with E-state index < -0.39 is 9.84 Å². The highest BCUT2D eigenvalue weighted by atomic mass is 32.2. The Bertz CT molecular complexity index is 1630. The lowest BCUT2D eigenvalue weighted by molar-refractivity contribution is 0.601. The van der Waals surface area contributed by atoms with Crippen molar-refractivity contribution in [2.45, 2.75) is 5.75 Å². The van der Waals surface area contributed by atoms with E-state index in [9.17, 15) is 13.2 Å². The van der Waals surface area contributed by atoms with E-state index in [1.165, 1.54) is 6.26 Å². The topological polar surface area (TPSA) is 86.9 Å². The van der Waals surface area contributed by atoms with Crippen LogP contribution < -0.4 is 5.69 Å². The number of aromatic nitrogens is 4. The number of hydrogen-bond acceptors (Lipinski definition) is 5. The summed E-state index contributed by atoms with van der Waals surface area (Å²) in [6, 6.07) is 16.9. The molecule has 3 aromatic heterocycles. The molecule has 0 N–H and O–H groups in total. The molecule has 160 valence electrons. The van der Waals surface area contributed by atoms with Gasteiger partial charge < -0.3 is 0 Å². The van der Waals surface area contributed by atoms with Gasteiger partial charge in [0.05, 0.1) is 34.2 Å². The van der Waals surface area contributed by atoms with E-state index in [-0.39, 0.29) is 11.4 Å². The first kappa shape index (κ1) is 20.1. The van der Waals surface area contributed by atoms with Gasteiger partial charge in [-0.05, 0) is 53.1 Å². The zero-order valence-corrected chi connectivity index (χ0v) is 18.4. The maximum absolute atomic E-state index is 13.2. The standard InChI is InChI=1S/C24H20N4O3S/c1-27-22-14-26-21-8-5-18(17-9-11-25-12-10-17)13-20(21)23(22)28(24(27)29)19-6-3-16(4-7-19)15-32(2,30)31/h3-14H,15H2,1-2H3. The molecule has 0 aliphatic heterocycles. The number of fused-ring (bicyclic) bond motifs is 3. The molecule has 0 spiro atoms. The second-order valence-corrected chi connectivity index (χ2v) is 10.0. The zero-order valence-electron chi connectivity index (χ0n) is 17.6. The second-order valence-electron chi connectivity index (χ2n) is 7.87. The molecule has 0 bridgehead atoms. The van der Waals surface area contributed by atoms with Crippen molar-refractivity contribution in [2.24, 2.45) is 7.05 Å². The molecular weight excluding hydrogens is 424 g/mol. The number of hydrogen-bond donors (Lipinski definition) is 0. The summed E-state index contributed by atoms with van der Waals surface area (Å²) in [5, 5.41) is 0.856. The molecule has 32 heavy (non-hydrogen) atoms. The summed E-state index contributed by atoms with van der Waals surface area (Å²) < 4.78 is 26.5. The smallest absolute Gasteiger partial charge is 0.293 e. The summed E-state index contributed by atoms with van der Waals surface area (Å²) in [7, 11) is -1.42. The number of benzene rings is 2. The van der Waals surface area contributed by atoms with Gasteiger partial charge in [-0.3, -0.25) is 19.1 Å². The minimum absolute atomic E-state index is 0.0418. The molecule has 0 unspecified atom stereocenters. The van der Waals surface area contributed by atoms with Crippen molar-refractivity contribution in [3.63, 3.8) is 0 Å². The third kappa shape index (κ3) is 3.48. The van der Waals surface area contributed by atoms with Crippen LogP contribution >= 0.6 is 0 Å². The second kappa shape index (κ2) is 7.42. The van der Waals surface area contributed by atoms with E-state index in [0.717, 1.165) is 33.1 Å². The van der Waals surface area contributed by atoms with Crippen LogP contribution in [-0.2, 0) is 22.6 Å². The SMILES string of the molecule is Cn1c(=O)n(-c2ccc(CS(C)(=O)=O)cc2)c2c3cc(-c4ccncc4)ccc3ncc21. The largest absolute Gasteiger partial charge is 0.333 e. The highest BCUT2D eigenvalue weighted by Crippen LogP contribution is 2.29. The number of aryl methyl sites for hydroxylation is 1. The Morgan fingerprint density at radius 2 is 1.66 bits per heavy atom. The molecule has 7 nitrogen and oxygen atoms in total. The Balaban J connectivity index is 1.76. The van der Waals surface area contributed by atoms with E-state index in [0.29, 0.717) is 11.3 Å². The fourth-order valence-corrected chi connectivity index (χ4v) is 4.80. The van der Waals surface area contributed by atoms with Gasteiger partial charge in [0.1, 0.15) is 0 Å². The highest BCUT2D eigenvalue weighted by Gasteiger charge is 2.17. The molecule has 0 aliphatic rings. The molecule has 3 heterocycles. The number of rotatable bonds is 4. The normalized spacial score (nSPS) is 11.9. The van der Waals surface area contributed by atoms with E-state index >= 15 is 0 Å². The van der Waals surface area contributed by atoms with Crippen LogP contribution in [0.25, 0.3) is 38.8 Å². The van der Waals surface area contributed by atoms with Crippen molar-refractivity contribution in [2.75, 3.05) is 6.26 Å². The van der Waals surface area contributed by atoms with Crippen molar-refractivity contribution in [1.29, 1.82) is 0 Å². The molecule has 2 aromatic carbocycles. The predicted octanol–water partition coefficient (Wildman–Crippen LogP) is 3.48. The maximum Gasteiger partial charge on any atom is 0.333 e. The summed E-state index contributed by atoms with van der Waals surface area (Å²) >= 11 is 0. The molecule has 8 heteroatoms. The van der Waals surface area contributed by atoms with Crippen molar-refractivity contribution in [3.8, 4) is 16.8 Å². The average molecular weight is 445 g/mol. The van der Waals surface area contributed by atoms with Gasteiger partial charge in [-0.2, -0.15) is 0 Å². The summed E-state index contributed by atoms with van der Waals surface area (Å²) in [5.74, 6) is -0.0418. The molecule has 0 saturated heterocycles. The first-order valence-electron chi connectivity index (χ1n) is 9.99. The van der Waals surface area contributed by atoms with Crippen LogP contribution in [0.15, 0.2) is 78.0 Å². The fourth-order valence-electron chi connectivity index (χ4n) is 4.00. The lowest BCUT2D eigenvalue weighted by atomic mass is 10.0. The summed E-state index contributed by atoms with van der Waals surface area (Å²) in [5.41, 5.74) is 5.43. The summed E-state index contributed by atoms with van der Waals surface area (Å²) in [6.07, 6.45) is 6.40. The van der Waals surface area contributed by atoms with Crippen molar-refractivity contribution >= 4 is 31.8 Å². The third-order valence-electron chi connectivity index (χ3n) is 5.52. The Labute approximate surface area is 184 Å². The maximum atomic E-state index is 13.2. The van der Waals surface area contributed by atoms with Crippen LogP contribution in [0.1, 0.15) is 5.56 Å². The monoisotopic (exact) mass is 444 g/mol. The molecule has 0 saturated carbocycles. The van der Waals surface area contributed by atoms with Gasteiger partial charge in [-0.25, -0.2) is 13.2 Å². The Morgan fingerprint density at radius 1 is 0.938 bits per heavy atom. The summed E-state index contributed by atoms with van der Waals surface area (Å²) in [6.45, 7) is 0. The molecule has 5 aromatic rings. The number of imidazole rings is 1. The first-order chi connectivity index (χ1) is 15.3. The zero-order chi connectivity index (χ0) is 22.5. The summed E-state index contributed by atoms with van der Waals surface area (Å²) in [4.78, 5) is 21.8. The van der Waals surface area contributed by atoms with Gasteiger partial charge in [0.25, 0.3) is 0 Å².